The molecular formula is C15H30N2S2. The predicted octanol–water partition coefficient (Wildman–Crippen LogP) is 3.85. The van der Waals surface area contributed by atoms with Crippen LogP contribution in [0.15, 0.2) is 12.3 Å². The van der Waals surface area contributed by atoms with E-state index in [9.17, 15) is 0 Å². The molecule has 1 aliphatic heterocycles. The SMILES string of the molecule is C=C(CCCCC1(CCCCNC)SCCS1)NC. The van der Waals surface area contributed by atoms with Crippen LogP contribution in [0.2, 0.25) is 0 Å². The van der Waals surface area contributed by atoms with Crippen molar-refractivity contribution in [3.8, 4) is 0 Å². The Bertz CT molecular complexity index is 251. The van der Waals surface area contributed by atoms with Crippen molar-refractivity contribution in [1.29, 1.82) is 0 Å². The van der Waals surface area contributed by atoms with Crippen molar-refractivity contribution in [1.82, 2.24) is 10.6 Å². The van der Waals surface area contributed by atoms with Crippen molar-refractivity contribution in [2.24, 2.45) is 0 Å². The molecule has 1 fully saturated rings. The minimum atomic E-state index is 0.536. The first-order valence-corrected chi connectivity index (χ1v) is 9.47. The molecule has 0 aromatic carbocycles. The molecule has 1 aliphatic rings. The molecule has 2 N–H and O–H groups in total. The van der Waals surface area contributed by atoms with Crippen LogP contribution in [0.1, 0.15) is 44.9 Å². The molecule has 1 rings (SSSR count). The molecule has 0 amide bonds. The van der Waals surface area contributed by atoms with Gasteiger partial charge in [-0.2, -0.15) is 0 Å². The number of hydrogen-bond donors (Lipinski definition) is 2. The normalized spacial score (nSPS) is 17.6. The molecule has 19 heavy (non-hydrogen) atoms. The number of unbranched alkanes of at least 4 members (excludes halogenated alkanes) is 2. The van der Waals surface area contributed by atoms with Crippen LogP contribution in [-0.2, 0) is 0 Å². The number of thioether (sulfide) groups is 2. The summed E-state index contributed by atoms with van der Waals surface area (Å²) in [5.41, 5.74) is 1.18. The van der Waals surface area contributed by atoms with Crippen molar-refractivity contribution < 1.29 is 0 Å². The second-order valence-corrected chi connectivity index (χ2v) is 8.44. The summed E-state index contributed by atoms with van der Waals surface area (Å²) in [7, 11) is 4.01. The van der Waals surface area contributed by atoms with Crippen molar-refractivity contribution in [2.75, 3.05) is 32.1 Å². The Balaban J connectivity index is 2.21. The van der Waals surface area contributed by atoms with Crippen LogP contribution in [0.5, 0.6) is 0 Å². The largest absolute Gasteiger partial charge is 0.392 e. The van der Waals surface area contributed by atoms with Gasteiger partial charge in [0.25, 0.3) is 0 Å². The van der Waals surface area contributed by atoms with E-state index in [1.165, 1.54) is 55.7 Å². The van der Waals surface area contributed by atoms with Gasteiger partial charge in [0.2, 0.25) is 0 Å². The number of hydrogen-bond acceptors (Lipinski definition) is 4. The summed E-state index contributed by atoms with van der Waals surface area (Å²) >= 11 is 4.43. The third-order valence-electron chi connectivity index (χ3n) is 3.69. The van der Waals surface area contributed by atoms with E-state index in [0.29, 0.717) is 4.08 Å². The van der Waals surface area contributed by atoms with Crippen molar-refractivity contribution in [3.63, 3.8) is 0 Å². The summed E-state index contributed by atoms with van der Waals surface area (Å²) in [6.45, 7) is 5.16. The van der Waals surface area contributed by atoms with Gasteiger partial charge < -0.3 is 10.6 Å². The van der Waals surface area contributed by atoms with E-state index >= 15 is 0 Å². The second kappa shape index (κ2) is 10.0. The highest BCUT2D eigenvalue weighted by molar-refractivity contribution is 8.21. The zero-order valence-corrected chi connectivity index (χ0v) is 14.2. The number of rotatable bonds is 11. The van der Waals surface area contributed by atoms with Gasteiger partial charge >= 0.3 is 0 Å². The Labute approximate surface area is 127 Å². The van der Waals surface area contributed by atoms with Crippen LogP contribution < -0.4 is 10.6 Å². The van der Waals surface area contributed by atoms with Gasteiger partial charge in [-0.3, -0.25) is 0 Å². The number of nitrogens with one attached hydrogen (secondary N) is 2. The molecule has 2 nitrogen and oxygen atoms in total. The van der Waals surface area contributed by atoms with E-state index in [4.69, 9.17) is 0 Å². The van der Waals surface area contributed by atoms with Gasteiger partial charge in [-0.1, -0.05) is 13.0 Å². The van der Waals surface area contributed by atoms with Gasteiger partial charge in [-0.15, -0.1) is 23.5 Å². The third-order valence-corrected chi connectivity index (χ3v) is 7.34. The van der Waals surface area contributed by atoms with Crippen LogP contribution in [0, 0.1) is 0 Å². The molecule has 112 valence electrons. The van der Waals surface area contributed by atoms with Crippen LogP contribution in [0.4, 0.5) is 0 Å². The topological polar surface area (TPSA) is 24.1 Å². The highest BCUT2D eigenvalue weighted by atomic mass is 32.2. The Hall–Kier alpha value is 0.200. The van der Waals surface area contributed by atoms with Crippen LogP contribution >= 0.6 is 23.5 Å². The van der Waals surface area contributed by atoms with E-state index in [1.807, 2.05) is 14.1 Å². The molecular weight excluding hydrogens is 272 g/mol. The zero-order chi connectivity index (χ0) is 14.0. The van der Waals surface area contributed by atoms with E-state index in [1.54, 1.807) is 0 Å². The van der Waals surface area contributed by atoms with E-state index in [0.717, 1.165) is 13.0 Å². The summed E-state index contributed by atoms with van der Waals surface area (Å²) in [5.74, 6) is 2.69. The fraction of sp³-hybridized carbons (Fsp3) is 0.867. The van der Waals surface area contributed by atoms with Crippen LogP contribution in [0.25, 0.3) is 0 Å². The summed E-state index contributed by atoms with van der Waals surface area (Å²) in [4.78, 5) is 0. The van der Waals surface area contributed by atoms with Crippen molar-refractivity contribution in [2.45, 2.75) is 49.0 Å². The summed E-state index contributed by atoms with van der Waals surface area (Å²) in [6.07, 6.45) is 9.18. The van der Waals surface area contributed by atoms with E-state index < -0.39 is 0 Å². The van der Waals surface area contributed by atoms with Gasteiger partial charge in [0.1, 0.15) is 0 Å². The molecule has 0 aromatic heterocycles. The Morgan fingerprint density at radius 2 is 1.68 bits per heavy atom. The standard InChI is InChI=1S/C15H30N2S2/c1-14(17-3)8-4-5-9-15(18-12-13-19-15)10-6-7-11-16-2/h16-17H,1,4-13H2,2-3H3. The van der Waals surface area contributed by atoms with Gasteiger partial charge in [0.05, 0.1) is 4.08 Å². The minimum absolute atomic E-state index is 0.536. The third kappa shape index (κ3) is 6.96. The second-order valence-electron chi connectivity index (χ2n) is 5.23. The highest BCUT2D eigenvalue weighted by Gasteiger charge is 2.34. The van der Waals surface area contributed by atoms with Gasteiger partial charge in [0, 0.05) is 24.3 Å². The van der Waals surface area contributed by atoms with Gasteiger partial charge in [-0.25, -0.2) is 0 Å². The fourth-order valence-electron chi connectivity index (χ4n) is 2.46. The maximum absolute atomic E-state index is 4.00. The van der Waals surface area contributed by atoms with E-state index in [-0.39, 0.29) is 0 Å². The molecule has 0 unspecified atom stereocenters. The van der Waals surface area contributed by atoms with E-state index in [2.05, 4.69) is 40.7 Å². The molecule has 0 saturated carbocycles. The first-order valence-electron chi connectivity index (χ1n) is 7.50. The maximum atomic E-state index is 4.00. The smallest absolute Gasteiger partial charge is 0.0611 e. The minimum Gasteiger partial charge on any atom is -0.392 e. The zero-order valence-electron chi connectivity index (χ0n) is 12.6. The summed E-state index contributed by atoms with van der Waals surface area (Å²) in [5, 5.41) is 6.39. The van der Waals surface area contributed by atoms with Gasteiger partial charge in [0.15, 0.2) is 0 Å². The molecule has 0 spiro atoms. The average Bonchev–Trinajstić information content (AvgIpc) is 2.89. The lowest BCUT2D eigenvalue weighted by molar-refractivity contribution is 0.556. The first-order chi connectivity index (χ1) is 9.22. The molecule has 0 atom stereocenters. The maximum Gasteiger partial charge on any atom is 0.0611 e. The molecule has 0 aliphatic carbocycles. The lowest BCUT2D eigenvalue weighted by Gasteiger charge is -2.27. The Morgan fingerprint density at radius 3 is 2.26 bits per heavy atom. The van der Waals surface area contributed by atoms with Crippen molar-refractivity contribution >= 4 is 23.5 Å². The van der Waals surface area contributed by atoms with Crippen molar-refractivity contribution in [3.05, 3.63) is 12.3 Å². The highest BCUT2D eigenvalue weighted by Crippen LogP contribution is 2.50. The molecule has 0 bridgehead atoms. The quantitative estimate of drug-likeness (QED) is 0.566. The predicted molar refractivity (Wildman–Crippen MR) is 92.1 cm³/mol. The summed E-state index contributed by atoms with van der Waals surface area (Å²) < 4.78 is 0.536. The fourth-order valence-corrected chi connectivity index (χ4v) is 5.86. The Kier molecular flexibility index (Phi) is 9.08. The van der Waals surface area contributed by atoms with Crippen LogP contribution in [-0.4, -0.2) is 36.2 Å². The lowest BCUT2D eigenvalue weighted by Crippen LogP contribution is -2.18. The molecule has 1 saturated heterocycles. The summed E-state index contributed by atoms with van der Waals surface area (Å²) in [6, 6.07) is 0. The Morgan fingerprint density at radius 1 is 1.05 bits per heavy atom. The lowest BCUT2D eigenvalue weighted by atomic mass is 10.1. The van der Waals surface area contributed by atoms with Gasteiger partial charge in [-0.05, 0) is 52.1 Å². The molecule has 0 aromatic rings. The number of allylic oxidation sites excluding steroid dienone is 1. The molecule has 4 heteroatoms. The molecule has 0 radical (unpaired) electrons. The first kappa shape index (κ1) is 17.3. The monoisotopic (exact) mass is 302 g/mol. The molecule has 1 heterocycles. The van der Waals surface area contributed by atoms with Crippen LogP contribution in [0.3, 0.4) is 0 Å². The average molecular weight is 303 g/mol.